The number of carbonyl (C=O) groups is 1. The zero-order chi connectivity index (χ0) is 30.5. The molecule has 11 nitrogen and oxygen atoms in total. The number of rotatable bonds is 8. The zero-order valence-electron chi connectivity index (χ0n) is 24.4. The predicted octanol–water partition coefficient (Wildman–Crippen LogP) is 6.21. The molecule has 2 aliphatic rings. The van der Waals surface area contributed by atoms with E-state index in [-0.39, 0.29) is 11.3 Å². The van der Waals surface area contributed by atoms with E-state index in [9.17, 15) is 4.79 Å². The van der Waals surface area contributed by atoms with Gasteiger partial charge in [-0.05, 0) is 66.6 Å². The van der Waals surface area contributed by atoms with E-state index in [2.05, 4.69) is 60.4 Å². The SMILES string of the molecule is C=CC(=O)Nc1cc(-c2cc3c(Nc4ccc(Oc5ccn6ncnc6c5)c(C)c4)ncnc3s2)ccc1N1CC2(COC2)C1. The van der Waals surface area contributed by atoms with Crippen molar-refractivity contribution in [3.8, 4) is 21.9 Å². The van der Waals surface area contributed by atoms with E-state index in [0.717, 1.165) is 75.3 Å². The molecule has 4 aromatic heterocycles. The molecule has 6 heterocycles. The van der Waals surface area contributed by atoms with Crippen molar-refractivity contribution in [2.24, 2.45) is 5.41 Å². The van der Waals surface area contributed by atoms with E-state index in [1.165, 1.54) is 12.4 Å². The summed E-state index contributed by atoms with van der Waals surface area (Å²) in [5, 5.41) is 11.5. The minimum atomic E-state index is -0.243. The van der Waals surface area contributed by atoms with Gasteiger partial charge in [-0.2, -0.15) is 5.10 Å². The van der Waals surface area contributed by atoms with Crippen LogP contribution in [0.3, 0.4) is 0 Å². The molecule has 1 amide bonds. The van der Waals surface area contributed by atoms with Crippen LogP contribution in [0, 0.1) is 12.3 Å². The lowest BCUT2D eigenvalue weighted by Crippen LogP contribution is -2.66. The molecule has 2 fully saturated rings. The van der Waals surface area contributed by atoms with Crippen molar-refractivity contribution >= 4 is 56.0 Å². The second kappa shape index (κ2) is 10.7. The Kier molecular flexibility index (Phi) is 6.47. The molecule has 0 aliphatic carbocycles. The maximum Gasteiger partial charge on any atom is 0.247 e. The van der Waals surface area contributed by atoms with Gasteiger partial charge >= 0.3 is 0 Å². The Bertz CT molecular complexity index is 2110. The molecule has 12 heteroatoms. The van der Waals surface area contributed by atoms with Gasteiger partial charge in [0.1, 0.15) is 34.8 Å². The van der Waals surface area contributed by atoms with E-state index >= 15 is 0 Å². The van der Waals surface area contributed by atoms with E-state index in [1.54, 1.807) is 22.2 Å². The van der Waals surface area contributed by atoms with Gasteiger partial charge in [0, 0.05) is 35.9 Å². The minimum Gasteiger partial charge on any atom is -0.457 e. The van der Waals surface area contributed by atoms with Crippen molar-refractivity contribution < 1.29 is 14.3 Å². The van der Waals surface area contributed by atoms with Crippen molar-refractivity contribution in [3.05, 3.63) is 91.7 Å². The van der Waals surface area contributed by atoms with Crippen LogP contribution in [0.4, 0.5) is 22.9 Å². The second-order valence-electron chi connectivity index (χ2n) is 11.5. The first-order valence-corrected chi connectivity index (χ1v) is 15.3. The number of hydrogen-bond acceptors (Lipinski definition) is 10. The minimum absolute atomic E-state index is 0.243. The van der Waals surface area contributed by atoms with Crippen molar-refractivity contribution in [2.45, 2.75) is 6.92 Å². The van der Waals surface area contributed by atoms with Crippen LogP contribution >= 0.6 is 11.3 Å². The molecule has 2 N–H and O–H groups in total. The molecule has 0 radical (unpaired) electrons. The molecule has 6 aromatic rings. The van der Waals surface area contributed by atoms with Crippen LogP contribution in [0.1, 0.15) is 5.56 Å². The van der Waals surface area contributed by atoms with Crippen LogP contribution in [0.25, 0.3) is 26.3 Å². The number of fused-ring (bicyclic) bond motifs is 2. The quantitative estimate of drug-likeness (QED) is 0.193. The molecule has 45 heavy (non-hydrogen) atoms. The van der Waals surface area contributed by atoms with E-state index in [1.807, 2.05) is 49.5 Å². The number of thiophene rings is 1. The highest BCUT2D eigenvalue weighted by Crippen LogP contribution is 2.44. The number of aryl methyl sites for hydroxylation is 1. The number of pyridine rings is 1. The van der Waals surface area contributed by atoms with E-state index < -0.39 is 0 Å². The van der Waals surface area contributed by atoms with Gasteiger partial charge in [-0.15, -0.1) is 11.3 Å². The standard InChI is InChI=1S/C33H28N8O3S/c1-3-30(42)39-25-11-21(4-6-26(25)40-14-33(15-40)16-43-17-33)28-13-24-31(35-18-36-32(24)45-28)38-22-5-7-27(20(2)10-22)44-23-8-9-41-29(12-23)34-19-37-41/h3-13,18-19H,1,14-17H2,2H3,(H,39,42)(H,35,36,38). The van der Waals surface area contributed by atoms with Crippen LogP contribution < -0.4 is 20.3 Å². The number of aromatic nitrogens is 5. The van der Waals surface area contributed by atoms with Gasteiger partial charge < -0.3 is 25.0 Å². The van der Waals surface area contributed by atoms with Gasteiger partial charge in [-0.3, -0.25) is 4.79 Å². The third-order valence-corrected chi connectivity index (χ3v) is 9.27. The highest BCUT2D eigenvalue weighted by atomic mass is 32.1. The highest BCUT2D eigenvalue weighted by Gasteiger charge is 2.49. The van der Waals surface area contributed by atoms with Crippen molar-refractivity contribution in [1.82, 2.24) is 24.6 Å². The topological polar surface area (TPSA) is 119 Å². The summed E-state index contributed by atoms with van der Waals surface area (Å²) < 4.78 is 13.3. The van der Waals surface area contributed by atoms with Gasteiger partial charge in [0.25, 0.3) is 0 Å². The maximum absolute atomic E-state index is 12.3. The second-order valence-corrected chi connectivity index (χ2v) is 12.5. The molecule has 0 bridgehead atoms. The Balaban J connectivity index is 1.05. The van der Waals surface area contributed by atoms with Crippen molar-refractivity contribution in [1.29, 1.82) is 0 Å². The molecule has 2 aromatic carbocycles. The van der Waals surface area contributed by atoms with Gasteiger partial charge in [0.15, 0.2) is 5.65 Å². The first kappa shape index (κ1) is 27.2. The van der Waals surface area contributed by atoms with Gasteiger partial charge in [-0.1, -0.05) is 12.6 Å². The molecular weight excluding hydrogens is 588 g/mol. The fourth-order valence-corrected chi connectivity index (χ4v) is 6.81. The summed E-state index contributed by atoms with van der Waals surface area (Å²) in [6.45, 7) is 9.06. The van der Waals surface area contributed by atoms with Crippen molar-refractivity contribution in [2.75, 3.05) is 41.8 Å². The summed E-state index contributed by atoms with van der Waals surface area (Å²) >= 11 is 1.58. The lowest BCUT2D eigenvalue weighted by atomic mass is 9.77. The molecule has 2 saturated heterocycles. The summed E-state index contributed by atoms with van der Waals surface area (Å²) in [5.41, 5.74) is 5.55. The average Bonchev–Trinajstić information content (AvgIpc) is 3.65. The molecule has 1 spiro atoms. The lowest BCUT2D eigenvalue weighted by Gasteiger charge is -2.56. The Morgan fingerprint density at radius 3 is 2.76 bits per heavy atom. The first-order chi connectivity index (χ1) is 21.9. The highest BCUT2D eigenvalue weighted by molar-refractivity contribution is 7.21. The molecule has 0 unspecified atom stereocenters. The molecular formula is C33H28N8O3S. The smallest absolute Gasteiger partial charge is 0.247 e. The van der Waals surface area contributed by atoms with Crippen LogP contribution in [-0.2, 0) is 9.53 Å². The number of carbonyl (C=O) groups excluding carboxylic acids is 1. The summed E-state index contributed by atoms with van der Waals surface area (Å²) in [6.07, 6.45) is 6.19. The normalized spacial score (nSPS) is 15.1. The summed E-state index contributed by atoms with van der Waals surface area (Å²) in [5.74, 6) is 1.89. The predicted molar refractivity (Wildman–Crippen MR) is 175 cm³/mol. The lowest BCUT2D eigenvalue weighted by molar-refractivity contribution is -0.127. The molecule has 224 valence electrons. The molecule has 2 aliphatic heterocycles. The average molecular weight is 617 g/mol. The Morgan fingerprint density at radius 2 is 1.96 bits per heavy atom. The number of anilines is 4. The van der Waals surface area contributed by atoms with Gasteiger partial charge in [0.2, 0.25) is 5.91 Å². The fraction of sp³-hybridized carbons (Fsp3) is 0.182. The summed E-state index contributed by atoms with van der Waals surface area (Å²) in [6, 6.07) is 17.9. The number of nitrogens with one attached hydrogen (secondary N) is 2. The maximum atomic E-state index is 12.3. The molecule has 8 rings (SSSR count). The number of ether oxygens (including phenoxy) is 2. The monoisotopic (exact) mass is 616 g/mol. The summed E-state index contributed by atoms with van der Waals surface area (Å²) in [7, 11) is 0. The Labute approximate surface area is 262 Å². The fourth-order valence-electron chi connectivity index (χ4n) is 5.82. The molecule has 0 atom stereocenters. The summed E-state index contributed by atoms with van der Waals surface area (Å²) in [4.78, 5) is 29.8. The van der Waals surface area contributed by atoms with Gasteiger partial charge in [0.05, 0.1) is 35.4 Å². The van der Waals surface area contributed by atoms with Crippen molar-refractivity contribution in [3.63, 3.8) is 0 Å². The van der Waals surface area contributed by atoms with Crippen LogP contribution in [0.2, 0.25) is 0 Å². The number of hydrogen-bond donors (Lipinski definition) is 2. The third-order valence-electron chi connectivity index (χ3n) is 8.18. The van der Waals surface area contributed by atoms with E-state index in [0.29, 0.717) is 17.2 Å². The number of nitrogens with zero attached hydrogens (tertiary/aromatic N) is 6. The van der Waals surface area contributed by atoms with Gasteiger partial charge in [-0.25, -0.2) is 19.5 Å². The number of amides is 1. The molecule has 0 saturated carbocycles. The number of benzene rings is 2. The van der Waals surface area contributed by atoms with Crippen LogP contribution in [0.5, 0.6) is 11.5 Å². The first-order valence-electron chi connectivity index (χ1n) is 14.5. The Morgan fingerprint density at radius 1 is 1.07 bits per heavy atom. The van der Waals surface area contributed by atoms with Crippen LogP contribution in [0.15, 0.2) is 86.1 Å². The third kappa shape index (κ3) is 5.03. The largest absolute Gasteiger partial charge is 0.457 e. The van der Waals surface area contributed by atoms with E-state index in [4.69, 9.17) is 9.47 Å². The van der Waals surface area contributed by atoms with Crippen LogP contribution in [-0.4, -0.2) is 56.8 Å². The zero-order valence-corrected chi connectivity index (χ0v) is 25.2. The Hall–Kier alpha value is -5.33.